The number of aryl methyl sites for hydroxylation is 1. The van der Waals surface area contributed by atoms with Crippen LogP contribution in [-0.4, -0.2) is 66.8 Å². The second-order valence-corrected chi connectivity index (χ2v) is 10.3. The fourth-order valence-corrected chi connectivity index (χ4v) is 4.83. The first-order chi connectivity index (χ1) is 19.7. The van der Waals surface area contributed by atoms with Gasteiger partial charge in [-0.2, -0.15) is 0 Å². The van der Waals surface area contributed by atoms with Crippen LogP contribution in [0.25, 0.3) is 0 Å². The first-order valence-corrected chi connectivity index (χ1v) is 13.5. The molecule has 1 amide bonds. The molecular weight excluding hydrogens is 563 g/mol. The lowest BCUT2D eigenvalue weighted by molar-refractivity contribution is -0.274. The fourth-order valence-electron chi connectivity index (χ4n) is 4.24. The number of aromatic nitrogens is 7. The number of carbonyl (C=O) groups is 1. The lowest BCUT2D eigenvalue weighted by atomic mass is 10.1. The quantitative estimate of drug-likeness (QED) is 0.249. The summed E-state index contributed by atoms with van der Waals surface area (Å²) in [6.45, 7) is 1.90. The first-order valence-electron chi connectivity index (χ1n) is 12.7. The van der Waals surface area contributed by atoms with Crippen LogP contribution in [0.15, 0.2) is 42.6 Å². The molecule has 216 valence electrons. The van der Waals surface area contributed by atoms with Crippen LogP contribution >= 0.6 is 11.3 Å². The molecule has 1 aliphatic heterocycles. The maximum Gasteiger partial charge on any atom is 0.573 e. The predicted octanol–water partition coefficient (Wildman–Crippen LogP) is 3.10. The van der Waals surface area contributed by atoms with E-state index in [-0.39, 0.29) is 24.1 Å². The van der Waals surface area contributed by atoms with Gasteiger partial charge in [-0.25, -0.2) is 4.68 Å². The molecule has 4 heterocycles. The van der Waals surface area contributed by atoms with Crippen molar-refractivity contribution >= 4 is 39.1 Å². The number of nitrogens with one attached hydrogen (secondary N) is 2. The van der Waals surface area contributed by atoms with Crippen molar-refractivity contribution in [3.63, 3.8) is 0 Å². The summed E-state index contributed by atoms with van der Waals surface area (Å²) in [5, 5.41) is 31.6. The highest BCUT2D eigenvalue weighted by Gasteiger charge is 2.31. The number of nitrogens with zero attached hydrogens (tertiary/aromatic N) is 8. The van der Waals surface area contributed by atoms with Crippen molar-refractivity contribution in [2.24, 2.45) is 0 Å². The number of benzene rings is 1. The molecule has 0 saturated carbocycles. The molecule has 17 heteroatoms. The van der Waals surface area contributed by atoms with Gasteiger partial charge in [0.25, 0.3) is 0 Å². The van der Waals surface area contributed by atoms with Gasteiger partial charge in [-0.3, -0.25) is 4.79 Å². The van der Waals surface area contributed by atoms with Gasteiger partial charge in [-0.05, 0) is 42.7 Å². The SMILES string of the molecule is Nc1nnc(NC2CCN(c3ccc(NC(=O)CCc4cn(Cc5ccc(OC(F)(F)F)cc5)nn4)nn3)CC2)s1. The summed E-state index contributed by atoms with van der Waals surface area (Å²) in [4.78, 5) is 14.6. The summed E-state index contributed by atoms with van der Waals surface area (Å²) >= 11 is 1.33. The summed E-state index contributed by atoms with van der Waals surface area (Å²) in [7, 11) is 0. The van der Waals surface area contributed by atoms with E-state index in [2.05, 4.69) is 51.0 Å². The Balaban J connectivity index is 1.03. The Morgan fingerprint density at radius 1 is 1.05 bits per heavy atom. The van der Waals surface area contributed by atoms with E-state index in [0.29, 0.717) is 29.6 Å². The maximum atomic E-state index is 12.4. The van der Waals surface area contributed by atoms with Gasteiger partial charge in [0.2, 0.25) is 16.2 Å². The molecule has 1 saturated heterocycles. The largest absolute Gasteiger partial charge is 0.573 e. The minimum absolute atomic E-state index is 0.159. The number of carbonyl (C=O) groups excluding carboxylic acids is 1. The molecule has 1 aromatic carbocycles. The van der Waals surface area contributed by atoms with Gasteiger partial charge in [-0.15, -0.1) is 38.7 Å². The number of hydrogen-bond donors (Lipinski definition) is 3. The molecule has 0 unspecified atom stereocenters. The second kappa shape index (κ2) is 12.3. The fraction of sp³-hybridized carbons (Fsp3) is 0.375. The molecule has 0 spiro atoms. The zero-order chi connectivity index (χ0) is 28.8. The maximum absolute atomic E-state index is 12.4. The van der Waals surface area contributed by atoms with E-state index in [1.165, 1.54) is 35.6 Å². The zero-order valence-corrected chi connectivity index (χ0v) is 22.4. The van der Waals surface area contributed by atoms with Crippen LogP contribution in [0.4, 0.5) is 35.1 Å². The Morgan fingerprint density at radius 3 is 2.49 bits per heavy atom. The number of anilines is 4. The Kier molecular flexibility index (Phi) is 8.42. The average molecular weight is 590 g/mol. The lowest BCUT2D eigenvalue weighted by Gasteiger charge is -2.32. The van der Waals surface area contributed by atoms with Gasteiger partial charge < -0.3 is 26.0 Å². The van der Waals surface area contributed by atoms with Gasteiger partial charge in [-0.1, -0.05) is 28.7 Å². The monoisotopic (exact) mass is 589 g/mol. The minimum Gasteiger partial charge on any atom is -0.406 e. The molecule has 1 aliphatic rings. The number of halogens is 3. The van der Waals surface area contributed by atoms with Gasteiger partial charge in [0, 0.05) is 38.2 Å². The molecule has 4 N–H and O–H groups in total. The van der Waals surface area contributed by atoms with E-state index in [4.69, 9.17) is 5.73 Å². The topological polar surface area (TPSA) is 162 Å². The number of piperidine rings is 1. The summed E-state index contributed by atoms with van der Waals surface area (Å²) in [6.07, 6.45) is -0.752. The van der Waals surface area contributed by atoms with Crippen LogP contribution in [-0.2, 0) is 17.8 Å². The Bertz CT molecular complexity index is 1440. The highest BCUT2D eigenvalue weighted by molar-refractivity contribution is 7.18. The van der Waals surface area contributed by atoms with Crippen LogP contribution in [0.1, 0.15) is 30.5 Å². The van der Waals surface area contributed by atoms with Crippen LogP contribution in [0.3, 0.4) is 0 Å². The number of hydrogen-bond acceptors (Lipinski definition) is 12. The minimum atomic E-state index is -4.74. The smallest absolute Gasteiger partial charge is 0.406 e. The summed E-state index contributed by atoms with van der Waals surface area (Å²) in [5.41, 5.74) is 6.95. The molecule has 4 aromatic rings. The molecule has 41 heavy (non-hydrogen) atoms. The van der Waals surface area contributed by atoms with Crippen molar-refractivity contribution in [3.8, 4) is 5.75 Å². The molecule has 0 radical (unpaired) electrons. The van der Waals surface area contributed by atoms with Gasteiger partial charge >= 0.3 is 6.36 Å². The highest BCUT2D eigenvalue weighted by Crippen LogP contribution is 2.24. The van der Waals surface area contributed by atoms with Crippen molar-refractivity contribution in [2.45, 2.75) is 44.6 Å². The van der Waals surface area contributed by atoms with Crippen molar-refractivity contribution in [3.05, 3.63) is 53.9 Å². The standard InChI is InChI=1S/C24H26F3N11O2S/c25-24(26,27)40-18-4-1-15(2-5-18)13-38-14-17(31-36-38)3-8-21(39)30-19-6-7-20(33-32-19)37-11-9-16(10-12-37)29-23-35-34-22(28)41-23/h1-2,4-7,14,16H,3,8-13H2,(H2,28,34)(H,29,35)(H,30,32,39). The van der Waals surface area contributed by atoms with E-state index < -0.39 is 6.36 Å². The second-order valence-electron chi connectivity index (χ2n) is 9.28. The van der Waals surface area contributed by atoms with E-state index in [9.17, 15) is 18.0 Å². The molecule has 5 rings (SSSR count). The third-order valence-corrected chi connectivity index (χ3v) is 6.88. The van der Waals surface area contributed by atoms with Crippen molar-refractivity contribution in [1.82, 2.24) is 35.4 Å². The third-order valence-electron chi connectivity index (χ3n) is 6.20. The van der Waals surface area contributed by atoms with Crippen LogP contribution in [0.2, 0.25) is 0 Å². The third kappa shape index (κ3) is 8.23. The molecule has 13 nitrogen and oxygen atoms in total. The summed E-state index contributed by atoms with van der Waals surface area (Å²) in [6, 6.07) is 9.33. The normalized spacial score (nSPS) is 14.2. The number of nitrogens with two attached hydrogens (primary N) is 1. The van der Waals surface area contributed by atoms with Crippen LogP contribution < -0.4 is 26.0 Å². The molecular formula is C24H26F3N11O2S. The first kappa shape index (κ1) is 28.0. The van der Waals surface area contributed by atoms with Crippen LogP contribution in [0.5, 0.6) is 5.75 Å². The van der Waals surface area contributed by atoms with Crippen molar-refractivity contribution < 1.29 is 22.7 Å². The Hall–Kier alpha value is -4.54. The highest BCUT2D eigenvalue weighted by atomic mass is 32.1. The number of ether oxygens (including phenoxy) is 1. The van der Waals surface area contributed by atoms with E-state index >= 15 is 0 Å². The van der Waals surface area contributed by atoms with Gasteiger partial charge in [0.05, 0.1) is 12.2 Å². The lowest BCUT2D eigenvalue weighted by Crippen LogP contribution is -2.39. The van der Waals surface area contributed by atoms with Gasteiger partial charge in [0.15, 0.2) is 11.6 Å². The van der Waals surface area contributed by atoms with Crippen molar-refractivity contribution in [1.29, 1.82) is 0 Å². The Labute approximate surface area is 235 Å². The molecule has 0 atom stereocenters. The van der Waals surface area contributed by atoms with E-state index in [1.54, 1.807) is 16.9 Å². The number of rotatable bonds is 10. The molecule has 1 fully saturated rings. The zero-order valence-electron chi connectivity index (χ0n) is 21.6. The summed E-state index contributed by atoms with van der Waals surface area (Å²) in [5.74, 6) is 0.550. The average Bonchev–Trinajstić information content (AvgIpc) is 3.57. The molecule has 0 bridgehead atoms. The summed E-state index contributed by atoms with van der Waals surface area (Å²) < 4.78 is 42.3. The number of alkyl halides is 3. The number of nitrogen functional groups attached to an aromatic ring is 1. The van der Waals surface area contributed by atoms with Crippen LogP contribution in [0, 0.1) is 0 Å². The predicted molar refractivity (Wildman–Crippen MR) is 144 cm³/mol. The van der Waals surface area contributed by atoms with E-state index in [1.807, 2.05) is 6.07 Å². The molecule has 0 aliphatic carbocycles. The Morgan fingerprint density at radius 2 is 1.83 bits per heavy atom. The van der Waals surface area contributed by atoms with Gasteiger partial charge in [0.1, 0.15) is 5.75 Å². The number of amides is 1. The van der Waals surface area contributed by atoms with Crippen molar-refractivity contribution in [2.75, 3.05) is 34.4 Å². The van der Waals surface area contributed by atoms with E-state index in [0.717, 1.165) is 42.4 Å². The molecule has 3 aromatic heterocycles.